The first-order valence-electron chi connectivity index (χ1n) is 10.9. The van der Waals surface area contributed by atoms with Gasteiger partial charge in [0.2, 0.25) is 5.91 Å². The zero-order valence-corrected chi connectivity index (χ0v) is 17.7. The third-order valence-corrected chi connectivity index (χ3v) is 5.57. The second-order valence-corrected chi connectivity index (χ2v) is 7.89. The number of carbonyl (C=O) groups is 2. The Kier molecular flexibility index (Phi) is 6.77. The summed E-state index contributed by atoms with van der Waals surface area (Å²) in [7, 11) is 0. The molecule has 1 N–H and O–H groups in total. The van der Waals surface area contributed by atoms with Gasteiger partial charge in [-0.3, -0.25) is 14.3 Å². The summed E-state index contributed by atoms with van der Waals surface area (Å²) in [5.74, 6) is -0.0901. The number of rotatable bonds is 7. The van der Waals surface area contributed by atoms with Crippen LogP contribution < -0.4 is 5.32 Å². The van der Waals surface area contributed by atoms with Crippen LogP contribution in [-0.2, 0) is 11.3 Å². The van der Waals surface area contributed by atoms with E-state index >= 15 is 0 Å². The highest BCUT2D eigenvalue weighted by atomic mass is 16.2. The van der Waals surface area contributed by atoms with Gasteiger partial charge in [-0.15, -0.1) is 0 Å². The number of hydrogen-bond acceptors (Lipinski definition) is 3. The second kappa shape index (κ2) is 10.1. The van der Waals surface area contributed by atoms with E-state index in [0.717, 1.165) is 37.1 Å². The quantitative estimate of drug-likeness (QED) is 0.638. The minimum atomic E-state index is -0.204. The van der Waals surface area contributed by atoms with Crippen molar-refractivity contribution in [3.63, 3.8) is 0 Å². The largest absolute Gasteiger partial charge is 0.351 e. The summed E-state index contributed by atoms with van der Waals surface area (Å²) in [6, 6.07) is 19.7. The van der Waals surface area contributed by atoms with Crippen molar-refractivity contribution in [2.75, 3.05) is 19.6 Å². The first-order valence-corrected chi connectivity index (χ1v) is 10.9. The van der Waals surface area contributed by atoms with Crippen molar-refractivity contribution >= 4 is 11.8 Å². The molecule has 4 rings (SSSR count). The van der Waals surface area contributed by atoms with Gasteiger partial charge in [-0.05, 0) is 24.8 Å². The number of piperidine rings is 1. The normalized spacial score (nSPS) is 13.7. The Morgan fingerprint density at radius 2 is 1.58 bits per heavy atom. The molecule has 0 saturated carbocycles. The van der Waals surface area contributed by atoms with Gasteiger partial charge < -0.3 is 10.2 Å². The molecule has 1 saturated heterocycles. The van der Waals surface area contributed by atoms with Crippen molar-refractivity contribution in [1.82, 2.24) is 20.0 Å². The third-order valence-electron chi connectivity index (χ3n) is 5.57. The Balaban J connectivity index is 1.46. The van der Waals surface area contributed by atoms with Crippen LogP contribution in [0.15, 0.2) is 66.9 Å². The summed E-state index contributed by atoms with van der Waals surface area (Å²) in [5.41, 5.74) is 3.18. The van der Waals surface area contributed by atoms with E-state index in [-0.39, 0.29) is 11.8 Å². The molecule has 0 atom stereocenters. The number of amides is 2. The minimum absolute atomic E-state index is 0.114. The van der Waals surface area contributed by atoms with Crippen LogP contribution in [0.3, 0.4) is 0 Å². The van der Waals surface area contributed by atoms with Crippen molar-refractivity contribution in [3.8, 4) is 11.3 Å². The molecule has 6 heteroatoms. The minimum Gasteiger partial charge on any atom is -0.351 e. The first kappa shape index (κ1) is 20.8. The fourth-order valence-electron chi connectivity index (χ4n) is 3.93. The van der Waals surface area contributed by atoms with Crippen LogP contribution in [0, 0.1) is 0 Å². The third kappa shape index (κ3) is 5.40. The Bertz CT molecular complexity index is 1010. The van der Waals surface area contributed by atoms with Crippen LogP contribution in [0.4, 0.5) is 0 Å². The van der Waals surface area contributed by atoms with Crippen molar-refractivity contribution in [2.24, 2.45) is 0 Å². The number of benzene rings is 2. The Hall–Kier alpha value is -3.41. The molecule has 0 unspecified atom stereocenters. The fourth-order valence-corrected chi connectivity index (χ4v) is 3.93. The molecular weight excluding hydrogens is 388 g/mol. The Morgan fingerprint density at radius 1 is 0.903 bits per heavy atom. The molecule has 160 valence electrons. The number of nitrogens with one attached hydrogen (secondary N) is 1. The molecule has 1 aliphatic heterocycles. The maximum absolute atomic E-state index is 13.0. The summed E-state index contributed by atoms with van der Waals surface area (Å²) in [4.78, 5) is 27.2. The van der Waals surface area contributed by atoms with Crippen molar-refractivity contribution in [2.45, 2.75) is 32.2 Å². The highest BCUT2D eigenvalue weighted by molar-refractivity contribution is 6.00. The Labute approximate surface area is 182 Å². The maximum Gasteiger partial charge on any atom is 0.255 e. The van der Waals surface area contributed by atoms with Crippen LogP contribution in [-0.4, -0.2) is 46.1 Å². The molecule has 0 bridgehead atoms. The molecule has 1 fully saturated rings. The highest BCUT2D eigenvalue weighted by Gasteiger charge is 2.20. The summed E-state index contributed by atoms with van der Waals surface area (Å²) in [6.45, 7) is 2.57. The standard InChI is InChI=1S/C25H28N4O2/c30-23(28-16-8-3-9-17-28)14-15-26-25(31)22-19-29(18-20-10-4-1-5-11-20)27-24(22)21-12-6-2-7-13-21/h1-2,4-7,10-13,19H,3,8-9,14-18H2,(H,26,31). The topological polar surface area (TPSA) is 67.2 Å². The lowest BCUT2D eigenvalue weighted by molar-refractivity contribution is -0.131. The molecular formula is C25H28N4O2. The summed E-state index contributed by atoms with van der Waals surface area (Å²) in [5, 5.41) is 7.61. The van der Waals surface area contributed by atoms with E-state index in [9.17, 15) is 9.59 Å². The molecule has 31 heavy (non-hydrogen) atoms. The zero-order valence-electron chi connectivity index (χ0n) is 17.7. The Morgan fingerprint density at radius 3 is 2.29 bits per heavy atom. The lowest BCUT2D eigenvalue weighted by atomic mass is 10.1. The number of carbonyl (C=O) groups excluding carboxylic acids is 2. The molecule has 2 heterocycles. The van der Waals surface area contributed by atoms with Crippen LogP contribution in [0.2, 0.25) is 0 Å². The molecule has 3 aromatic rings. The monoisotopic (exact) mass is 416 g/mol. The average molecular weight is 417 g/mol. The van der Waals surface area contributed by atoms with Gasteiger partial charge >= 0.3 is 0 Å². The van der Waals surface area contributed by atoms with Gasteiger partial charge in [0, 0.05) is 37.8 Å². The number of likely N-dealkylation sites (tertiary alicyclic amines) is 1. The van der Waals surface area contributed by atoms with E-state index in [0.29, 0.717) is 30.8 Å². The predicted octanol–water partition coefficient (Wildman–Crippen LogP) is 3.73. The van der Waals surface area contributed by atoms with Crippen LogP contribution >= 0.6 is 0 Å². The molecule has 0 aliphatic carbocycles. The van der Waals surface area contributed by atoms with Gasteiger partial charge in [0.25, 0.3) is 5.91 Å². The fraction of sp³-hybridized carbons (Fsp3) is 0.320. The van der Waals surface area contributed by atoms with E-state index in [1.165, 1.54) is 6.42 Å². The van der Waals surface area contributed by atoms with E-state index in [1.807, 2.05) is 65.6 Å². The van der Waals surface area contributed by atoms with Gasteiger partial charge in [0.05, 0.1) is 12.1 Å². The first-order chi connectivity index (χ1) is 15.2. The molecule has 2 aromatic carbocycles. The molecule has 0 spiro atoms. The van der Waals surface area contributed by atoms with Gasteiger partial charge in [0.1, 0.15) is 5.69 Å². The van der Waals surface area contributed by atoms with E-state index < -0.39 is 0 Å². The van der Waals surface area contributed by atoms with Crippen LogP contribution in [0.25, 0.3) is 11.3 Å². The van der Waals surface area contributed by atoms with E-state index in [2.05, 4.69) is 5.32 Å². The smallest absolute Gasteiger partial charge is 0.255 e. The number of hydrogen-bond donors (Lipinski definition) is 1. The summed E-state index contributed by atoms with van der Waals surface area (Å²) < 4.78 is 1.80. The average Bonchev–Trinajstić information content (AvgIpc) is 3.24. The molecule has 6 nitrogen and oxygen atoms in total. The zero-order chi connectivity index (χ0) is 21.5. The lowest BCUT2D eigenvalue weighted by Crippen LogP contribution is -2.37. The van der Waals surface area contributed by atoms with E-state index in [1.54, 1.807) is 10.9 Å². The van der Waals surface area contributed by atoms with Gasteiger partial charge in [-0.1, -0.05) is 60.7 Å². The van der Waals surface area contributed by atoms with Gasteiger partial charge in [-0.2, -0.15) is 5.10 Å². The highest BCUT2D eigenvalue weighted by Crippen LogP contribution is 2.22. The molecule has 1 aromatic heterocycles. The van der Waals surface area contributed by atoms with Crippen molar-refractivity contribution in [3.05, 3.63) is 78.0 Å². The molecule has 0 radical (unpaired) electrons. The number of nitrogens with zero attached hydrogens (tertiary/aromatic N) is 3. The number of aromatic nitrogens is 2. The molecule has 2 amide bonds. The summed E-state index contributed by atoms with van der Waals surface area (Å²) >= 11 is 0. The van der Waals surface area contributed by atoms with Gasteiger partial charge in [0.15, 0.2) is 0 Å². The van der Waals surface area contributed by atoms with Crippen LogP contribution in [0.1, 0.15) is 41.6 Å². The second-order valence-electron chi connectivity index (χ2n) is 7.89. The molecule has 1 aliphatic rings. The van der Waals surface area contributed by atoms with Crippen molar-refractivity contribution in [1.29, 1.82) is 0 Å². The van der Waals surface area contributed by atoms with Crippen LogP contribution in [0.5, 0.6) is 0 Å². The van der Waals surface area contributed by atoms with Crippen molar-refractivity contribution < 1.29 is 9.59 Å². The maximum atomic E-state index is 13.0. The van der Waals surface area contributed by atoms with E-state index in [4.69, 9.17) is 5.10 Å². The lowest BCUT2D eigenvalue weighted by Gasteiger charge is -2.26. The summed E-state index contributed by atoms with van der Waals surface area (Å²) in [6.07, 6.45) is 5.44. The SMILES string of the molecule is O=C(NCCC(=O)N1CCCCC1)c1cn(Cc2ccccc2)nc1-c1ccccc1. The van der Waals surface area contributed by atoms with Gasteiger partial charge in [-0.25, -0.2) is 0 Å². The predicted molar refractivity (Wildman–Crippen MR) is 121 cm³/mol.